The molecule has 0 spiro atoms. The molecule has 0 amide bonds. The van der Waals surface area contributed by atoms with Crippen molar-refractivity contribution in [2.75, 3.05) is 20.1 Å². The van der Waals surface area contributed by atoms with Gasteiger partial charge in [-0.05, 0) is 19.5 Å². The van der Waals surface area contributed by atoms with Gasteiger partial charge in [0, 0.05) is 6.54 Å². The third-order valence-corrected chi connectivity index (χ3v) is 1.88. The Morgan fingerprint density at radius 2 is 1.19 bits per heavy atom. The Labute approximate surface area is 102 Å². The molecule has 0 atom stereocenters. The second-order valence-corrected chi connectivity index (χ2v) is 3.90. The molecule has 0 unspecified atom stereocenters. The van der Waals surface area contributed by atoms with Gasteiger partial charge in [-0.15, -0.1) is 0 Å². The molecule has 0 aliphatic heterocycles. The SMILES string of the molecule is CC.CCN(C)CC(C)C.c1ccccc1. The summed E-state index contributed by atoms with van der Waals surface area (Å²) in [6.45, 7) is 13.1. The van der Waals surface area contributed by atoms with Crippen LogP contribution in [0.1, 0.15) is 34.6 Å². The van der Waals surface area contributed by atoms with Crippen molar-refractivity contribution in [1.29, 1.82) is 0 Å². The van der Waals surface area contributed by atoms with E-state index in [1.807, 2.05) is 50.2 Å². The molecular formula is C15H29N. The summed E-state index contributed by atoms with van der Waals surface area (Å²) in [5.74, 6) is 0.806. The van der Waals surface area contributed by atoms with Crippen LogP contribution in [-0.2, 0) is 0 Å². The van der Waals surface area contributed by atoms with Crippen LogP contribution in [0.25, 0.3) is 0 Å². The lowest BCUT2D eigenvalue weighted by atomic mass is 10.2. The summed E-state index contributed by atoms with van der Waals surface area (Å²) in [7, 11) is 2.15. The second-order valence-electron chi connectivity index (χ2n) is 3.90. The molecule has 0 heterocycles. The molecule has 1 aromatic carbocycles. The third kappa shape index (κ3) is 15.6. The average Bonchev–Trinajstić information content (AvgIpc) is 2.34. The minimum Gasteiger partial charge on any atom is -0.306 e. The van der Waals surface area contributed by atoms with Gasteiger partial charge in [0.2, 0.25) is 0 Å². The molecular weight excluding hydrogens is 194 g/mol. The normalized spacial score (nSPS) is 9.00. The zero-order chi connectivity index (χ0) is 12.8. The predicted molar refractivity (Wildman–Crippen MR) is 75.8 cm³/mol. The zero-order valence-electron chi connectivity index (χ0n) is 11.9. The van der Waals surface area contributed by atoms with E-state index in [0.717, 1.165) is 12.5 Å². The van der Waals surface area contributed by atoms with Crippen LogP contribution in [0.3, 0.4) is 0 Å². The van der Waals surface area contributed by atoms with Crippen molar-refractivity contribution in [3.63, 3.8) is 0 Å². The first-order valence-electron chi connectivity index (χ1n) is 6.35. The fourth-order valence-corrected chi connectivity index (χ4v) is 1.14. The summed E-state index contributed by atoms with van der Waals surface area (Å²) in [6.07, 6.45) is 0. The Balaban J connectivity index is 0. The number of nitrogens with zero attached hydrogens (tertiary/aromatic N) is 1. The highest BCUT2D eigenvalue weighted by Crippen LogP contribution is 1.93. The molecule has 16 heavy (non-hydrogen) atoms. The molecule has 0 aromatic heterocycles. The highest BCUT2D eigenvalue weighted by Gasteiger charge is 1.95. The minimum absolute atomic E-state index is 0.806. The van der Waals surface area contributed by atoms with Gasteiger partial charge in [-0.2, -0.15) is 0 Å². The monoisotopic (exact) mass is 223 g/mol. The van der Waals surface area contributed by atoms with Gasteiger partial charge in [0.1, 0.15) is 0 Å². The van der Waals surface area contributed by atoms with Crippen molar-refractivity contribution in [2.45, 2.75) is 34.6 Å². The van der Waals surface area contributed by atoms with Crippen molar-refractivity contribution >= 4 is 0 Å². The number of rotatable bonds is 3. The third-order valence-electron chi connectivity index (χ3n) is 1.88. The maximum Gasteiger partial charge on any atom is 0.000122 e. The van der Waals surface area contributed by atoms with Crippen LogP contribution in [-0.4, -0.2) is 25.0 Å². The largest absolute Gasteiger partial charge is 0.306 e. The summed E-state index contributed by atoms with van der Waals surface area (Å²) in [5, 5.41) is 0. The van der Waals surface area contributed by atoms with Gasteiger partial charge >= 0.3 is 0 Å². The Hall–Kier alpha value is -0.820. The van der Waals surface area contributed by atoms with Crippen molar-refractivity contribution < 1.29 is 0 Å². The lowest BCUT2D eigenvalue weighted by molar-refractivity contribution is 0.310. The van der Waals surface area contributed by atoms with Gasteiger partial charge in [-0.25, -0.2) is 0 Å². The van der Waals surface area contributed by atoms with Crippen LogP contribution >= 0.6 is 0 Å². The summed E-state index contributed by atoms with van der Waals surface area (Å²) in [6, 6.07) is 12.0. The van der Waals surface area contributed by atoms with E-state index in [1.165, 1.54) is 6.54 Å². The highest BCUT2D eigenvalue weighted by molar-refractivity contribution is 4.99. The summed E-state index contributed by atoms with van der Waals surface area (Å²) in [4.78, 5) is 2.32. The van der Waals surface area contributed by atoms with Gasteiger partial charge in [0.15, 0.2) is 0 Å². The van der Waals surface area contributed by atoms with Crippen LogP contribution in [0.5, 0.6) is 0 Å². The highest BCUT2D eigenvalue weighted by atomic mass is 15.1. The molecule has 1 heteroatoms. The molecule has 0 N–H and O–H groups in total. The standard InChI is InChI=1S/C7H17N.C6H6.C2H6/c1-5-8(4)6-7(2)3;1-2-4-6-5-3-1;1-2/h7H,5-6H2,1-4H3;1-6H;1-2H3. The Bertz CT molecular complexity index is 167. The summed E-state index contributed by atoms with van der Waals surface area (Å²) in [5.41, 5.74) is 0. The molecule has 94 valence electrons. The molecule has 0 bridgehead atoms. The van der Waals surface area contributed by atoms with Gasteiger partial charge in [0.25, 0.3) is 0 Å². The van der Waals surface area contributed by atoms with E-state index >= 15 is 0 Å². The van der Waals surface area contributed by atoms with Crippen LogP contribution < -0.4 is 0 Å². The first kappa shape index (κ1) is 17.6. The summed E-state index contributed by atoms with van der Waals surface area (Å²) < 4.78 is 0. The van der Waals surface area contributed by atoms with Crippen LogP contribution in [0.2, 0.25) is 0 Å². The number of benzene rings is 1. The first-order chi connectivity index (χ1) is 7.66. The molecule has 1 nitrogen and oxygen atoms in total. The van der Waals surface area contributed by atoms with E-state index in [2.05, 4.69) is 32.7 Å². The fourth-order valence-electron chi connectivity index (χ4n) is 1.14. The van der Waals surface area contributed by atoms with E-state index in [4.69, 9.17) is 0 Å². The number of hydrogen-bond acceptors (Lipinski definition) is 1. The van der Waals surface area contributed by atoms with Crippen LogP contribution in [0.4, 0.5) is 0 Å². The quantitative estimate of drug-likeness (QED) is 0.738. The smallest absolute Gasteiger partial charge is 0.000122 e. The van der Waals surface area contributed by atoms with Crippen molar-refractivity contribution in [2.24, 2.45) is 5.92 Å². The molecule has 0 radical (unpaired) electrons. The van der Waals surface area contributed by atoms with Crippen molar-refractivity contribution in [1.82, 2.24) is 4.90 Å². The van der Waals surface area contributed by atoms with E-state index in [1.54, 1.807) is 0 Å². The Morgan fingerprint density at radius 3 is 1.31 bits per heavy atom. The Kier molecular flexibility index (Phi) is 15.6. The van der Waals surface area contributed by atoms with E-state index in [9.17, 15) is 0 Å². The average molecular weight is 223 g/mol. The van der Waals surface area contributed by atoms with Gasteiger partial charge in [-0.3, -0.25) is 0 Å². The second kappa shape index (κ2) is 14.2. The van der Waals surface area contributed by atoms with E-state index in [-0.39, 0.29) is 0 Å². The summed E-state index contributed by atoms with van der Waals surface area (Å²) >= 11 is 0. The molecule has 1 rings (SSSR count). The van der Waals surface area contributed by atoms with E-state index in [0.29, 0.717) is 0 Å². The van der Waals surface area contributed by atoms with Crippen molar-refractivity contribution in [3.05, 3.63) is 36.4 Å². The van der Waals surface area contributed by atoms with Gasteiger partial charge in [0.05, 0.1) is 0 Å². The zero-order valence-corrected chi connectivity index (χ0v) is 11.9. The molecule has 1 aromatic rings. The van der Waals surface area contributed by atoms with Gasteiger partial charge in [-0.1, -0.05) is 71.0 Å². The molecule has 0 saturated carbocycles. The van der Waals surface area contributed by atoms with Crippen molar-refractivity contribution in [3.8, 4) is 0 Å². The maximum absolute atomic E-state index is 2.32. The lowest BCUT2D eigenvalue weighted by Crippen LogP contribution is -2.22. The van der Waals surface area contributed by atoms with Gasteiger partial charge < -0.3 is 4.90 Å². The first-order valence-corrected chi connectivity index (χ1v) is 6.35. The van der Waals surface area contributed by atoms with Crippen LogP contribution in [0, 0.1) is 5.92 Å². The topological polar surface area (TPSA) is 3.24 Å². The fraction of sp³-hybridized carbons (Fsp3) is 0.600. The van der Waals surface area contributed by atoms with E-state index < -0.39 is 0 Å². The predicted octanol–water partition coefficient (Wildman–Crippen LogP) is 4.31. The number of hydrogen-bond donors (Lipinski definition) is 0. The molecule has 0 fully saturated rings. The molecule has 0 saturated heterocycles. The molecule has 0 aliphatic rings. The molecule has 0 aliphatic carbocycles. The van der Waals surface area contributed by atoms with Crippen LogP contribution in [0.15, 0.2) is 36.4 Å². The Morgan fingerprint density at radius 1 is 0.875 bits per heavy atom. The maximum atomic E-state index is 2.32. The lowest BCUT2D eigenvalue weighted by Gasteiger charge is -2.15. The minimum atomic E-state index is 0.806.